The summed E-state index contributed by atoms with van der Waals surface area (Å²) in [5, 5.41) is 0. The highest BCUT2D eigenvalue weighted by molar-refractivity contribution is 6.13. The maximum atomic E-state index is 11.6. The Labute approximate surface area is 111 Å². The first-order chi connectivity index (χ1) is 8.99. The van der Waals surface area contributed by atoms with Crippen LogP contribution in [0.5, 0.6) is 0 Å². The average Bonchev–Trinajstić information content (AvgIpc) is 2.69. The molecular formula is C14H17NO4. The van der Waals surface area contributed by atoms with Gasteiger partial charge in [-0.1, -0.05) is 26.0 Å². The van der Waals surface area contributed by atoms with Crippen LogP contribution in [-0.4, -0.2) is 34.8 Å². The maximum absolute atomic E-state index is 11.6. The zero-order valence-corrected chi connectivity index (χ0v) is 11.0. The van der Waals surface area contributed by atoms with Crippen LogP contribution in [0.25, 0.3) is 0 Å². The van der Waals surface area contributed by atoms with Crippen molar-refractivity contribution in [3.63, 3.8) is 0 Å². The molecule has 1 heterocycles. The van der Waals surface area contributed by atoms with Gasteiger partial charge in [-0.15, -0.1) is 0 Å². The van der Waals surface area contributed by atoms with Crippen molar-refractivity contribution in [2.24, 2.45) is 5.92 Å². The normalized spacial score (nSPS) is 26.4. The molecule has 1 aliphatic carbocycles. The van der Waals surface area contributed by atoms with E-state index in [1.807, 2.05) is 12.2 Å². The topological polar surface area (TPSA) is 63.7 Å². The third-order valence-electron chi connectivity index (χ3n) is 3.19. The summed E-state index contributed by atoms with van der Waals surface area (Å²) in [6, 6.07) is -0.325. The fraction of sp³-hybridized carbons (Fsp3) is 0.500. The van der Waals surface area contributed by atoms with Crippen LogP contribution in [0.2, 0.25) is 0 Å². The van der Waals surface area contributed by atoms with Crippen molar-refractivity contribution < 1.29 is 19.1 Å². The number of hydrogen-bond donors (Lipinski definition) is 0. The van der Waals surface area contributed by atoms with E-state index in [0.717, 1.165) is 0 Å². The Bertz CT molecular complexity index is 446. The second-order valence-corrected chi connectivity index (χ2v) is 5.06. The quantitative estimate of drug-likeness (QED) is 0.436. The lowest BCUT2D eigenvalue weighted by atomic mass is 9.98. The molecule has 0 bridgehead atoms. The number of nitrogens with zero attached hydrogens (tertiary/aromatic N) is 1. The molecule has 0 aromatic rings. The second kappa shape index (κ2) is 5.38. The minimum Gasteiger partial charge on any atom is -0.462 e. The van der Waals surface area contributed by atoms with Gasteiger partial charge in [-0.3, -0.25) is 19.3 Å². The molecule has 0 aromatic carbocycles. The molecule has 2 atom stereocenters. The predicted octanol–water partition coefficient (Wildman–Crippen LogP) is 1.20. The molecule has 0 saturated carbocycles. The highest BCUT2D eigenvalue weighted by atomic mass is 16.5. The number of rotatable bonds is 3. The standard InChI is InChI=1S/C14H17NO4/c1-9(2)14(18)19-11-5-3-4-10(8-11)15-12(16)6-7-13(15)17/h3-4,6-7,9-11H,5,8H2,1-2H3. The third kappa shape index (κ3) is 2.92. The molecule has 0 aromatic heterocycles. The van der Waals surface area contributed by atoms with Gasteiger partial charge in [0, 0.05) is 25.0 Å². The van der Waals surface area contributed by atoms with Crippen molar-refractivity contribution in [2.75, 3.05) is 0 Å². The van der Waals surface area contributed by atoms with Crippen molar-refractivity contribution in [1.29, 1.82) is 0 Å². The van der Waals surface area contributed by atoms with Crippen LogP contribution in [0.3, 0.4) is 0 Å². The lowest BCUT2D eigenvalue weighted by Gasteiger charge is -2.30. The predicted molar refractivity (Wildman–Crippen MR) is 67.9 cm³/mol. The van der Waals surface area contributed by atoms with E-state index >= 15 is 0 Å². The average molecular weight is 263 g/mol. The first-order valence-corrected chi connectivity index (χ1v) is 6.41. The molecule has 19 heavy (non-hydrogen) atoms. The zero-order chi connectivity index (χ0) is 14.0. The molecule has 0 spiro atoms. The largest absolute Gasteiger partial charge is 0.462 e. The van der Waals surface area contributed by atoms with Crippen LogP contribution >= 0.6 is 0 Å². The summed E-state index contributed by atoms with van der Waals surface area (Å²) in [6.45, 7) is 3.55. The number of amides is 2. The van der Waals surface area contributed by atoms with Crippen molar-refractivity contribution in [1.82, 2.24) is 4.90 Å². The fourth-order valence-electron chi connectivity index (χ4n) is 2.16. The van der Waals surface area contributed by atoms with E-state index in [2.05, 4.69) is 0 Å². The Morgan fingerprint density at radius 2 is 1.95 bits per heavy atom. The molecule has 5 nitrogen and oxygen atoms in total. The zero-order valence-electron chi connectivity index (χ0n) is 11.0. The van der Waals surface area contributed by atoms with Crippen molar-refractivity contribution in [3.05, 3.63) is 24.3 Å². The highest BCUT2D eigenvalue weighted by Gasteiger charge is 2.33. The van der Waals surface area contributed by atoms with Gasteiger partial charge in [0.05, 0.1) is 12.0 Å². The summed E-state index contributed by atoms with van der Waals surface area (Å²) < 4.78 is 5.35. The molecule has 2 unspecified atom stereocenters. The van der Waals surface area contributed by atoms with Gasteiger partial charge < -0.3 is 4.74 Å². The molecule has 0 N–H and O–H groups in total. The lowest BCUT2D eigenvalue weighted by molar-refractivity contribution is -0.154. The minimum absolute atomic E-state index is 0.180. The number of ether oxygens (including phenoxy) is 1. The van der Waals surface area contributed by atoms with Gasteiger partial charge in [0.1, 0.15) is 6.10 Å². The van der Waals surface area contributed by atoms with Crippen LogP contribution in [0.1, 0.15) is 26.7 Å². The van der Waals surface area contributed by atoms with Crippen molar-refractivity contribution in [2.45, 2.75) is 38.8 Å². The monoisotopic (exact) mass is 263 g/mol. The summed E-state index contributed by atoms with van der Waals surface area (Å²) in [4.78, 5) is 36.0. The number of hydrogen-bond acceptors (Lipinski definition) is 4. The Morgan fingerprint density at radius 3 is 2.53 bits per heavy atom. The van der Waals surface area contributed by atoms with Gasteiger partial charge in [-0.05, 0) is 0 Å². The summed E-state index contributed by atoms with van der Waals surface area (Å²) in [5.74, 6) is -1.05. The summed E-state index contributed by atoms with van der Waals surface area (Å²) in [7, 11) is 0. The molecule has 0 fully saturated rings. The van der Waals surface area contributed by atoms with E-state index in [1.54, 1.807) is 13.8 Å². The molecule has 102 valence electrons. The summed E-state index contributed by atoms with van der Waals surface area (Å²) in [5.41, 5.74) is 0. The van der Waals surface area contributed by atoms with Gasteiger partial charge in [0.2, 0.25) is 0 Å². The lowest BCUT2D eigenvalue weighted by Crippen LogP contribution is -2.42. The molecule has 5 heteroatoms. The molecule has 2 amide bonds. The highest BCUT2D eigenvalue weighted by Crippen LogP contribution is 2.23. The summed E-state index contributed by atoms with van der Waals surface area (Å²) >= 11 is 0. The number of esters is 1. The molecule has 1 aliphatic heterocycles. The SMILES string of the molecule is CC(C)C(=O)OC1CC=CC(N2C(=O)C=CC2=O)C1. The van der Waals surface area contributed by atoms with E-state index in [0.29, 0.717) is 12.8 Å². The Morgan fingerprint density at radius 1 is 1.32 bits per heavy atom. The van der Waals surface area contributed by atoms with Gasteiger partial charge in [-0.2, -0.15) is 0 Å². The van der Waals surface area contributed by atoms with Gasteiger partial charge >= 0.3 is 5.97 Å². The third-order valence-corrected chi connectivity index (χ3v) is 3.19. The van der Waals surface area contributed by atoms with Crippen LogP contribution < -0.4 is 0 Å². The van der Waals surface area contributed by atoms with Gasteiger partial charge in [0.25, 0.3) is 11.8 Å². The first kappa shape index (κ1) is 13.5. The van der Waals surface area contributed by atoms with Crippen molar-refractivity contribution >= 4 is 17.8 Å². The first-order valence-electron chi connectivity index (χ1n) is 6.41. The Kier molecular flexibility index (Phi) is 3.83. The molecular weight excluding hydrogens is 246 g/mol. The van der Waals surface area contributed by atoms with Gasteiger partial charge in [-0.25, -0.2) is 0 Å². The number of carbonyl (C=O) groups excluding carboxylic acids is 3. The maximum Gasteiger partial charge on any atom is 0.308 e. The van der Waals surface area contributed by atoms with Crippen LogP contribution in [0.4, 0.5) is 0 Å². The fourth-order valence-corrected chi connectivity index (χ4v) is 2.16. The minimum atomic E-state index is -0.325. The van der Waals surface area contributed by atoms with Crippen molar-refractivity contribution in [3.8, 4) is 0 Å². The smallest absolute Gasteiger partial charge is 0.308 e. The Balaban J connectivity index is 2.00. The van der Waals surface area contributed by atoms with E-state index < -0.39 is 0 Å². The van der Waals surface area contributed by atoms with Crippen LogP contribution in [0.15, 0.2) is 24.3 Å². The van der Waals surface area contributed by atoms with E-state index in [9.17, 15) is 14.4 Å². The van der Waals surface area contributed by atoms with Crippen LogP contribution in [0, 0.1) is 5.92 Å². The van der Waals surface area contributed by atoms with E-state index in [4.69, 9.17) is 4.74 Å². The molecule has 2 rings (SSSR count). The number of carbonyl (C=O) groups is 3. The van der Waals surface area contributed by atoms with Crippen LogP contribution in [-0.2, 0) is 19.1 Å². The second-order valence-electron chi connectivity index (χ2n) is 5.06. The molecule has 2 aliphatic rings. The Hall–Kier alpha value is -1.91. The number of imide groups is 1. The van der Waals surface area contributed by atoms with E-state index in [1.165, 1.54) is 17.1 Å². The molecule has 0 radical (unpaired) electrons. The van der Waals surface area contributed by atoms with E-state index in [-0.39, 0.29) is 35.8 Å². The summed E-state index contributed by atoms with van der Waals surface area (Å²) in [6.07, 6.45) is 7.02. The molecule has 0 saturated heterocycles. The van der Waals surface area contributed by atoms with Gasteiger partial charge in [0.15, 0.2) is 0 Å².